The molecule has 0 spiro atoms. The molecule has 1 aromatic carbocycles. The van der Waals surface area contributed by atoms with Gasteiger partial charge in [0.05, 0.1) is 0 Å². The molecule has 3 nitrogen and oxygen atoms in total. The van der Waals surface area contributed by atoms with Crippen molar-refractivity contribution in [3.63, 3.8) is 0 Å². The standard InChI is InChI=1S/C13H17INO2/c1-2-3-7-11(17-13(15)16)9-10-6-4-5-8-12(10)14/h4-6,8-9,11H,2-3,7H2,1H3,(H2,15,16). The zero-order valence-electron chi connectivity index (χ0n) is 9.86. The second-order valence-corrected chi connectivity index (χ2v) is 4.97. The van der Waals surface area contributed by atoms with E-state index in [0.717, 1.165) is 28.4 Å². The van der Waals surface area contributed by atoms with Gasteiger partial charge in [0.1, 0.15) is 6.10 Å². The first-order chi connectivity index (χ1) is 8.13. The summed E-state index contributed by atoms with van der Waals surface area (Å²) in [6, 6.07) is 7.98. The van der Waals surface area contributed by atoms with E-state index in [4.69, 9.17) is 10.5 Å². The lowest BCUT2D eigenvalue weighted by molar-refractivity contribution is 0.118. The third-order valence-electron chi connectivity index (χ3n) is 2.38. The minimum absolute atomic E-state index is 0.233. The van der Waals surface area contributed by atoms with Crippen LogP contribution in [0.4, 0.5) is 4.79 Å². The number of halogens is 1. The van der Waals surface area contributed by atoms with Gasteiger partial charge in [0, 0.05) is 9.99 Å². The average Bonchev–Trinajstić information content (AvgIpc) is 2.28. The van der Waals surface area contributed by atoms with E-state index >= 15 is 0 Å². The molecule has 93 valence electrons. The van der Waals surface area contributed by atoms with E-state index in [-0.39, 0.29) is 6.10 Å². The van der Waals surface area contributed by atoms with Gasteiger partial charge < -0.3 is 10.5 Å². The van der Waals surface area contributed by atoms with Crippen molar-refractivity contribution in [1.82, 2.24) is 0 Å². The number of unbranched alkanes of at least 4 members (excludes halogenated alkanes) is 1. The number of carbonyl (C=O) groups is 1. The van der Waals surface area contributed by atoms with Gasteiger partial charge in [0.2, 0.25) is 0 Å². The highest BCUT2D eigenvalue weighted by atomic mass is 127. The Morgan fingerprint density at radius 1 is 1.53 bits per heavy atom. The predicted molar refractivity (Wildman–Crippen MR) is 76.5 cm³/mol. The fourth-order valence-electron chi connectivity index (χ4n) is 1.54. The van der Waals surface area contributed by atoms with Crippen LogP contribution in [0.1, 0.15) is 31.7 Å². The van der Waals surface area contributed by atoms with Crippen molar-refractivity contribution in [3.8, 4) is 0 Å². The Hall–Kier alpha value is -0.780. The molecule has 0 saturated heterocycles. The molecule has 0 heterocycles. The summed E-state index contributed by atoms with van der Waals surface area (Å²) in [4.78, 5) is 10.8. The SMILES string of the molecule is CCCCC([CH]c1ccccc1I)OC(N)=O. The van der Waals surface area contributed by atoms with Gasteiger partial charge in [-0.2, -0.15) is 0 Å². The number of rotatable bonds is 6. The Bertz CT molecular complexity index is 368. The van der Waals surface area contributed by atoms with Crippen molar-refractivity contribution in [1.29, 1.82) is 0 Å². The smallest absolute Gasteiger partial charge is 0.404 e. The Labute approximate surface area is 116 Å². The lowest BCUT2D eigenvalue weighted by Gasteiger charge is -2.16. The molecule has 1 amide bonds. The number of amides is 1. The van der Waals surface area contributed by atoms with Crippen molar-refractivity contribution >= 4 is 28.7 Å². The minimum atomic E-state index is -0.715. The second-order valence-electron chi connectivity index (χ2n) is 3.81. The highest BCUT2D eigenvalue weighted by Crippen LogP contribution is 2.19. The van der Waals surface area contributed by atoms with Crippen LogP contribution in [-0.4, -0.2) is 12.2 Å². The third-order valence-corrected chi connectivity index (χ3v) is 3.36. The molecule has 0 aromatic heterocycles. The van der Waals surface area contributed by atoms with Gasteiger partial charge in [0.15, 0.2) is 0 Å². The molecular weight excluding hydrogens is 329 g/mol. The maximum Gasteiger partial charge on any atom is 0.404 e. The number of benzene rings is 1. The van der Waals surface area contributed by atoms with E-state index in [1.165, 1.54) is 0 Å². The highest BCUT2D eigenvalue weighted by Gasteiger charge is 2.14. The first kappa shape index (κ1) is 14.3. The van der Waals surface area contributed by atoms with Gasteiger partial charge in [-0.15, -0.1) is 0 Å². The number of primary amides is 1. The van der Waals surface area contributed by atoms with Gasteiger partial charge in [0.25, 0.3) is 0 Å². The summed E-state index contributed by atoms with van der Waals surface area (Å²) < 4.78 is 6.23. The summed E-state index contributed by atoms with van der Waals surface area (Å²) in [5, 5.41) is 0. The predicted octanol–water partition coefficient (Wildman–Crippen LogP) is 3.50. The Morgan fingerprint density at radius 3 is 2.82 bits per heavy atom. The molecule has 0 fully saturated rings. The van der Waals surface area contributed by atoms with Gasteiger partial charge in [-0.25, -0.2) is 4.79 Å². The number of hydrogen-bond acceptors (Lipinski definition) is 2. The Morgan fingerprint density at radius 2 is 2.24 bits per heavy atom. The lowest BCUT2D eigenvalue weighted by Crippen LogP contribution is -2.23. The average molecular weight is 346 g/mol. The van der Waals surface area contributed by atoms with Crippen LogP contribution < -0.4 is 5.73 Å². The molecule has 0 saturated carbocycles. The molecule has 1 radical (unpaired) electrons. The van der Waals surface area contributed by atoms with Crippen LogP contribution in [0.2, 0.25) is 0 Å². The Balaban J connectivity index is 2.64. The number of ether oxygens (including phenoxy) is 1. The summed E-state index contributed by atoms with van der Waals surface area (Å²) in [6.45, 7) is 2.10. The van der Waals surface area contributed by atoms with Crippen LogP contribution in [-0.2, 0) is 4.74 Å². The van der Waals surface area contributed by atoms with Crippen LogP contribution in [0, 0.1) is 9.99 Å². The van der Waals surface area contributed by atoms with Crippen molar-refractivity contribution < 1.29 is 9.53 Å². The normalized spacial score (nSPS) is 12.1. The summed E-state index contributed by atoms with van der Waals surface area (Å²) in [5.41, 5.74) is 6.15. The molecule has 1 rings (SSSR count). The van der Waals surface area contributed by atoms with E-state index in [1.54, 1.807) is 0 Å². The molecule has 0 aliphatic rings. The van der Waals surface area contributed by atoms with E-state index in [0.29, 0.717) is 0 Å². The summed E-state index contributed by atoms with van der Waals surface area (Å²) in [6.07, 6.45) is 3.90. The quantitative estimate of drug-likeness (QED) is 0.802. The maximum atomic E-state index is 10.8. The largest absolute Gasteiger partial charge is 0.446 e. The molecule has 0 aliphatic heterocycles. The van der Waals surface area contributed by atoms with Crippen molar-refractivity contribution in [2.75, 3.05) is 0 Å². The van der Waals surface area contributed by atoms with Crippen LogP contribution in [0.15, 0.2) is 24.3 Å². The zero-order valence-corrected chi connectivity index (χ0v) is 12.0. The zero-order chi connectivity index (χ0) is 12.7. The molecule has 1 atom stereocenters. The second kappa shape index (κ2) is 7.53. The molecule has 2 N–H and O–H groups in total. The molecule has 4 heteroatoms. The molecule has 0 bridgehead atoms. The fourth-order valence-corrected chi connectivity index (χ4v) is 2.11. The number of hydrogen-bond donors (Lipinski definition) is 1. The first-order valence-corrected chi connectivity index (χ1v) is 6.77. The van der Waals surface area contributed by atoms with Crippen molar-refractivity contribution in [3.05, 3.63) is 39.8 Å². The highest BCUT2D eigenvalue weighted by molar-refractivity contribution is 14.1. The van der Waals surface area contributed by atoms with Crippen LogP contribution in [0.5, 0.6) is 0 Å². The number of carbonyl (C=O) groups excluding carboxylic acids is 1. The topological polar surface area (TPSA) is 52.3 Å². The lowest BCUT2D eigenvalue weighted by atomic mass is 10.0. The van der Waals surface area contributed by atoms with Crippen LogP contribution >= 0.6 is 22.6 Å². The molecule has 1 aromatic rings. The van der Waals surface area contributed by atoms with Crippen molar-refractivity contribution in [2.45, 2.75) is 32.3 Å². The minimum Gasteiger partial charge on any atom is -0.446 e. The third kappa shape index (κ3) is 5.39. The first-order valence-electron chi connectivity index (χ1n) is 5.69. The Kier molecular flexibility index (Phi) is 6.32. The monoisotopic (exact) mass is 346 g/mol. The molecule has 0 aliphatic carbocycles. The van der Waals surface area contributed by atoms with E-state index in [1.807, 2.05) is 30.7 Å². The van der Waals surface area contributed by atoms with Crippen molar-refractivity contribution in [2.24, 2.45) is 5.73 Å². The summed E-state index contributed by atoms with van der Waals surface area (Å²) in [7, 11) is 0. The van der Waals surface area contributed by atoms with E-state index in [2.05, 4.69) is 29.5 Å². The van der Waals surface area contributed by atoms with Crippen LogP contribution in [0.3, 0.4) is 0 Å². The van der Waals surface area contributed by atoms with Gasteiger partial charge >= 0.3 is 6.09 Å². The van der Waals surface area contributed by atoms with Gasteiger partial charge in [-0.3, -0.25) is 0 Å². The van der Waals surface area contributed by atoms with Gasteiger partial charge in [-0.05, 0) is 40.6 Å². The fraction of sp³-hybridized carbons (Fsp3) is 0.385. The summed E-state index contributed by atoms with van der Waals surface area (Å²) in [5.74, 6) is 0. The van der Waals surface area contributed by atoms with Crippen LogP contribution in [0.25, 0.3) is 0 Å². The van der Waals surface area contributed by atoms with E-state index < -0.39 is 6.09 Å². The maximum absolute atomic E-state index is 10.8. The van der Waals surface area contributed by atoms with E-state index in [9.17, 15) is 4.79 Å². The van der Waals surface area contributed by atoms with Gasteiger partial charge in [-0.1, -0.05) is 38.0 Å². The number of nitrogens with two attached hydrogens (primary N) is 1. The summed E-state index contributed by atoms with van der Waals surface area (Å²) >= 11 is 2.26. The molecule has 17 heavy (non-hydrogen) atoms. The molecule has 1 unspecified atom stereocenters. The molecular formula is C13H17INO2.